The molecule has 6 nitrogen and oxygen atoms in total. The molecule has 1 amide bonds. The highest BCUT2D eigenvalue weighted by Gasteiger charge is 2.20. The first kappa shape index (κ1) is 15.0. The molecule has 0 aliphatic heterocycles. The van der Waals surface area contributed by atoms with Gasteiger partial charge in [0.2, 0.25) is 0 Å². The lowest BCUT2D eigenvalue weighted by molar-refractivity contribution is 0.0938. The van der Waals surface area contributed by atoms with Crippen molar-refractivity contribution in [2.45, 2.75) is 39.2 Å². The number of H-pyrrole nitrogens is 1. The highest BCUT2D eigenvalue weighted by molar-refractivity contribution is 5.95. The van der Waals surface area contributed by atoms with Crippen LogP contribution in [0, 0.1) is 0 Å². The second kappa shape index (κ2) is 5.55. The lowest BCUT2D eigenvalue weighted by Crippen LogP contribution is -2.28. The number of nitrogens with zero attached hydrogens (tertiary/aromatic N) is 2. The summed E-state index contributed by atoms with van der Waals surface area (Å²) in [5.74, 6) is 0.859. The van der Waals surface area contributed by atoms with Crippen LogP contribution in [0.15, 0.2) is 24.5 Å². The first-order valence-corrected chi connectivity index (χ1v) is 6.85. The minimum absolute atomic E-state index is 0.170. The van der Waals surface area contributed by atoms with Crippen LogP contribution in [0.2, 0.25) is 0 Å². The van der Waals surface area contributed by atoms with Crippen molar-refractivity contribution >= 4 is 11.7 Å². The fraction of sp³-hybridized carbons (Fsp3) is 0.400. The molecule has 0 aliphatic carbocycles. The molecule has 0 bridgehead atoms. The van der Waals surface area contributed by atoms with Gasteiger partial charge >= 0.3 is 0 Å². The van der Waals surface area contributed by atoms with E-state index < -0.39 is 0 Å². The van der Waals surface area contributed by atoms with Crippen molar-refractivity contribution in [2.75, 3.05) is 5.73 Å². The molecule has 112 valence electrons. The fourth-order valence-electron chi connectivity index (χ4n) is 1.93. The van der Waals surface area contributed by atoms with Crippen LogP contribution in [-0.4, -0.2) is 20.9 Å². The first-order valence-electron chi connectivity index (χ1n) is 6.85. The maximum Gasteiger partial charge on any atom is 0.252 e. The monoisotopic (exact) mass is 287 g/mol. The zero-order valence-electron chi connectivity index (χ0n) is 12.8. The average molecular weight is 287 g/mol. The number of pyridine rings is 1. The van der Waals surface area contributed by atoms with Gasteiger partial charge in [0.1, 0.15) is 11.6 Å². The number of rotatable bonds is 3. The van der Waals surface area contributed by atoms with Crippen molar-refractivity contribution in [1.82, 2.24) is 20.3 Å². The summed E-state index contributed by atoms with van der Waals surface area (Å²) >= 11 is 0. The lowest BCUT2D eigenvalue weighted by Gasteiger charge is -2.19. The molecule has 2 heterocycles. The average Bonchev–Trinajstić information content (AvgIpc) is 2.90. The van der Waals surface area contributed by atoms with Gasteiger partial charge in [-0.2, -0.15) is 0 Å². The normalized spacial score (nSPS) is 13.0. The van der Waals surface area contributed by atoms with E-state index in [1.54, 1.807) is 24.5 Å². The third-order valence-electron chi connectivity index (χ3n) is 3.15. The van der Waals surface area contributed by atoms with E-state index in [0.717, 1.165) is 5.69 Å². The topological polar surface area (TPSA) is 96.7 Å². The summed E-state index contributed by atoms with van der Waals surface area (Å²) in [7, 11) is 0. The van der Waals surface area contributed by atoms with Crippen LogP contribution < -0.4 is 11.1 Å². The van der Waals surface area contributed by atoms with E-state index in [4.69, 9.17) is 5.73 Å². The number of nitrogens with two attached hydrogens (primary N) is 1. The molecular weight excluding hydrogens is 266 g/mol. The summed E-state index contributed by atoms with van der Waals surface area (Å²) in [6, 6.07) is 3.15. The maximum atomic E-state index is 12.3. The zero-order chi connectivity index (χ0) is 15.6. The smallest absolute Gasteiger partial charge is 0.252 e. The van der Waals surface area contributed by atoms with E-state index in [9.17, 15) is 4.79 Å². The van der Waals surface area contributed by atoms with Crippen LogP contribution in [0.25, 0.3) is 0 Å². The Bertz CT molecular complexity index is 628. The van der Waals surface area contributed by atoms with Crippen LogP contribution in [-0.2, 0) is 5.41 Å². The molecule has 2 rings (SSSR count). The number of hydrogen-bond acceptors (Lipinski definition) is 4. The molecular formula is C15H21N5O. The van der Waals surface area contributed by atoms with Crippen molar-refractivity contribution < 1.29 is 4.79 Å². The van der Waals surface area contributed by atoms with Crippen LogP contribution in [0.4, 0.5) is 5.82 Å². The van der Waals surface area contributed by atoms with Gasteiger partial charge in [-0.25, -0.2) is 9.97 Å². The number of amides is 1. The highest BCUT2D eigenvalue weighted by Crippen LogP contribution is 2.22. The molecule has 0 aliphatic rings. The number of aromatic nitrogens is 3. The molecule has 0 saturated heterocycles. The number of nitrogens with one attached hydrogen (secondary N) is 2. The standard InChI is InChI=1S/C15H21N5O/c1-9(13-17-5-6-18-13)19-14(21)10-7-11(15(2,3)4)20-12(16)8-10/h5-9H,1-4H3,(H2,16,20)(H,17,18)(H,19,21). The van der Waals surface area contributed by atoms with Gasteiger partial charge in [0.05, 0.1) is 6.04 Å². The molecule has 0 radical (unpaired) electrons. The number of nitrogen functional groups attached to an aromatic ring is 1. The molecule has 6 heteroatoms. The molecule has 0 spiro atoms. The van der Waals surface area contributed by atoms with Crippen molar-refractivity contribution in [3.8, 4) is 0 Å². The summed E-state index contributed by atoms with van der Waals surface area (Å²) in [4.78, 5) is 23.7. The largest absolute Gasteiger partial charge is 0.384 e. The Morgan fingerprint density at radius 2 is 2.10 bits per heavy atom. The van der Waals surface area contributed by atoms with Gasteiger partial charge in [-0.15, -0.1) is 0 Å². The summed E-state index contributed by atoms with van der Waals surface area (Å²) < 4.78 is 0. The van der Waals surface area contributed by atoms with Gasteiger partial charge < -0.3 is 16.0 Å². The summed E-state index contributed by atoms with van der Waals surface area (Å²) in [6.45, 7) is 7.96. The summed E-state index contributed by atoms with van der Waals surface area (Å²) in [5, 5.41) is 2.89. The predicted octanol–water partition coefficient (Wildman–Crippen LogP) is 2.18. The fourth-order valence-corrected chi connectivity index (χ4v) is 1.93. The van der Waals surface area contributed by atoms with E-state index in [2.05, 4.69) is 20.3 Å². The highest BCUT2D eigenvalue weighted by atomic mass is 16.1. The van der Waals surface area contributed by atoms with Crippen LogP contribution in [0.1, 0.15) is 55.6 Å². The number of carbonyl (C=O) groups is 1. The number of hydrogen-bond donors (Lipinski definition) is 3. The van der Waals surface area contributed by atoms with E-state index in [1.165, 1.54) is 0 Å². The molecule has 0 fully saturated rings. The Balaban J connectivity index is 2.21. The molecule has 0 aromatic carbocycles. The number of carbonyl (C=O) groups excluding carboxylic acids is 1. The second-order valence-corrected chi connectivity index (χ2v) is 6.09. The number of anilines is 1. The van der Waals surface area contributed by atoms with Crippen molar-refractivity contribution in [3.63, 3.8) is 0 Å². The zero-order valence-corrected chi connectivity index (χ0v) is 12.8. The molecule has 1 unspecified atom stereocenters. The first-order chi connectivity index (χ1) is 9.77. The maximum absolute atomic E-state index is 12.3. The van der Waals surface area contributed by atoms with Crippen LogP contribution in [0.5, 0.6) is 0 Å². The Labute approximate surface area is 124 Å². The predicted molar refractivity (Wildman–Crippen MR) is 81.8 cm³/mol. The Hall–Kier alpha value is -2.37. The molecule has 2 aromatic heterocycles. The van der Waals surface area contributed by atoms with Crippen LogP contribution in [0.3, 0.4) is 0 Å². The van der Waals surface area contributed by atoms with Gasteiger partial charge in [0.15, 0.2) is 0 Å². The van der Waals surface area contributed by atoms with Gasteiger partial charge in [-0.1, -0.05) is 20.8 Å². The quantitative estimate of drug-likeness (QED) is 0.806. The van der Waals surface area contributed by atoms with Gasteiger partial charge in [-0.05, 0) is 19.1 Å². The molecule has 4 N–H and O–H groups in total. The van der Waals surface area contributed by atoms with Gasteiger partial charge in [0.25, 0.3) is 5.91 Å². The summed E-state index contributed by atoms with van der Waals surface area (Å²) in [5.41, 5.74) is 6.94. The van der Waals surface area contributed by atoms with Crippen molar-refractivity contribution in [1.29, 1.82) is 0 Å². The SMILES string of the molecule is CC(NC(=O)c1cc(N)nc(C(C)(C)C)c1)c1ncc[nH]1. The van der Waals surface area contributed by atoms with Crippen molar-refractivity contribution in [2.24, 2.45) is 0 Å². The van der Waals surface area contributed by atoms with E-state index >= 15 is 0 Å². The Kier molecular flexibility index (Phi) is 3.97. The number of aromatic amines is 1. The Morgan fingerprint density at radius 3 is 2.67 bits per heavy atom. The minimum Gasteiger partial charge on any atom is -0.384 e. The minimum atomic E-state index is -0.208. The Morgan fingerprint density at radius 1 is 1.38 bits per heavy atom. The van der Waals surface area contributed by atoms with Crippen molar-refractivity contribution in [3.05, 3.63) is 41.6 Å². The lowest BCUT2D eigenvalue weighted by atomic mass is 9.90. The van der Waals surface area contributed by atoms with Gasteiger partial charge in [0, 0.05) is 29.1 Å². The van der Waals surface area contributed by atoms with Crippen LogP contribution >= 0.6 is 0 Å². The molecule has 1 atom stereocenters. The third kappa shape index (κ3) is 3.59. The molecule has 21 heavy (non-hydrogen) atoms. The van der Waals surface area contributed by atoms with Gasteiger partial charge in [-0.3, -0.25) is 4.79 Å². The number of imidazole rings is 1. The third-order valence-corrected chi connectivity index (χ3v) is 3.15. The van der Waals surface area contributed by atoms with E-state index in [-0.39, 0.29) is 17.4 Å². The van der Waals surface area contributed by atoms with E-state index in [1.807, 2.05) is 27.7 Å². The summed E-state index contributed by atoms with van der Waals surface area (Å²) in [6.07, 6.45) is 3.38. The molecule has 2 aromatic rings. The van der Waals surface area contributed by atoms with E-state index in [0.29, 0.717) is 17.2 Å². The molecule has 0 saturated carbocycles. The second-order valence-electron chi connectivity index (χ2n) is 6.09.